The van der Waals surface area contributed by atoms with Crippen LogP contribution in [0.2, 0.25) is 0 Å². The maximum absolute atomic E-state index is 13.4. The van der Waals surface area contributed by atoms with E-state index in [1.54, 1.807) is 0 Å². The summed E-state index contributed by atoms with van der Waals surface area (Å²) in [4.78, 5) is -1.67. The van der Waals surface area contributed by atoms with Crippen LogP contribution in [0.25, 0.3) is 0 Å². The van der Waals surface area contributed by atoms with Crippen molar-refractivity contribution in [1.82, 2.24) is 0 Å². The van der Waals surface area contributed by atoms with Gasteiger partial charge in [-0.2, -0.15) is 47.9 Å². The molecule has 0 N–H and O–H groups in total. The summed E-state index contributed by atoms with van der Waals surface area (Å²) in [6, 6.07) is 3.89. The van der Waals surface area contributed by atoms with Crippen LogP contribution in [0, 0.1) is 0 Å². The number of rotatable bonds is 6. The summed E-state index contributed by atoms with van der Waals surface area (Å²) < 4.78 is 146. The van der Waals surface area contributed by atoms with E-state index in [1.165, 1.54) is 12.1 Å². The number of nitrogens with zero attached hydrogens (tertiary/aromatic N) is 1. The van der Waals surface area contributed by atoms with Gasteiger partial charge in [-0.1, -0.05) is 43.3 Å². The monoisotopic (exact) mass is 521 g/mol. The van der Waals surface area contributed by atoms with Gasteiger partial charge in [0.25, 0.3) is 0 Å². The van der Waals surface area contributed by atoms with Gasteiger partial charge in [0.2, 0.25) is 0 Å². The van der Waals surface area contributed by atoms with Crippen LogP contribution in [0.1, 0.15) is 48.4 Å². The predicted octanol–water partition coefficient (Wildman–Crippen LogP) is 6.91. The van der Waals surface area contributed by atoms with Gasteiger partial charge in [0, 0.05) is 5.56 Å². The van der Waals surface area contributed by atoms with Gasteiger partial charge in [0.15, 0.2) is 5.71 Å². The van der Waals surface area contributed by atoms with Crippen LogP contribution in [-0.2, 0) is 26.8 Å². The van der Waals surface area contributed by atoms with Crippen LogP contribution in [0.15, 0.2) is 52.5 Å². The smallest absolute Gasteiger partial charge is 0.264 e. The minimum Gasteiger partial charge on any atom is -0.264 e. The first kappa shape index (κ1) is 27.5. The predicted molar refractivity (Wildman–Crippen MR) is 102 cm³/mol. The standard InChI is InChI=1S/C20H16F9NO3S/c1-3-11(2)12-4-6-13(7-5-12)17(20(27,28)29)30-33-34(31,32)16-9-14(18(21,22)23)8-15(10-16)19(24,25)26/h4-11H,3H2,1-2H3. The zero-order valence-corrected chi connectivity index (χ0v) is 18.1. The van der Waals surface area contributed by atoms with Crippen molar-refractivity contribution in [3.63, 3.8) is 0 Å². The average molecular weight is 521 g/mol. The van der Waals surface area contributed by atoms with Gasteiger partial charge in [-0.05, 0) is 36.1 Å². The second-order valence-corrected chi connectivity index (χ2v) is 8.67. The Morgan fingerprint density at radius 1 is 0.882 bits per heavy atom. The molecule has 0 aliphatic heterocycles. The SMILES string of the molecule is CCC(C)c1ccc(C(=NOS(=O)(=O)c2cc(C(F)(F)F)cc(C(F)(F)F)c2)C(F)(F)F)cc1. The average Bonchev–Trinajstić information content (AvgIpc) is 2.71. The lowest BCUT2D eigenvalue weighted by atomic mass is 9.97. The van der Waals surface area contributed by atoms with Crippen LogP contribution in [0.5, 0.6) is 0 Å². The van der Waals surface area contributed by atoms with Crippen molar-refractivity contribution in [3.05, 3.63) is 64.7 Å². The second kappa shape index (κ2) is 9.47. The minimum absolute atomic E-state index is 0.000640. The van der Waals surface area contributed by atoms with Crippen molar-refractivity contribution >= 4 is 15.8 Å². The second-order valence-electron chi connectivity index (χ2n) is 7.14. The number of hydrogen-bond donors (Lipinski definition) is 0. The van der Waals surface area contributed by atoms with E-state index in [1.807, 2.05) is 13.8 Å². The molecule has 0 radical (unpaired) electrons. The van der Waals surface area contributed by atoms with E-state index < -0.39 is 55.9 Å². The van der Waals surface area contributed by atoms with E-state index in [0.717, 1.165) is 12.1 Å². The van der Waals surface area contributed by atoms with Gasteiger partial charge >= 0.3 is 28.6 Å². The van der Waals surface area contributed by atoms with Crippen LogP contribution in [0.4, 0.5) is 39.5 Å². The molecule has 0 aliphatic carbocycles. The fourth-order valence-corrected chi connectivity index (χ4v) is 3.47. The van der Waals surface area contributed by atoms with Gasteiger partial charge in [-0.25, -0.2) is 0 Å². The molecular weight excluding hydrogens is 505 g/mol. The molecule has 2 aromatic rings. The first-order chi connectivity index (χ1) is 15.4. The van der Waals surface area contributed by atoms with Crippen LogP contribution >= 0.6 is 0 Å². The van der Waals surface area contributed by atoms with Gasteiger partial charge in [-0.15, -0.1) is 0 Å². The lowest BCUT2D eigenvalue weighted by Gasteiger charge is -2.14. The minimum atomic E-state index is -5.60. The summed E-state index contributed by atoms with van der Waals surface area (Å²) in [7, 11) is -5.60. The lowest BCUT2D eigenvalue weighted by molar-refractivity contribution is -0.143. The Labute approximate surface area is 188 Å². The van der Waals surface area contributed by atoms with Gasteiger partial charge in [0.1, 0.15) is 4.90 Å². The Balaban J connectivity index is 2.53. The fraction of sp³-hybridized carbons (Fsp3) is 0.350. The maximum atomic E-state index is 13.4. The highest BCUT2D eigenvalue weighted by molar-refractivity contribution is 7.86. The van der Waals surface area contributed by atoms with E-state index in [2.05, 4.69) is 9.44 Å². The molecule has 0 spiro atoms. The third-order valence-corrected chi connectivity index (χ3v) is 5.79. The lowest BCUT2D eigenvalue weighted by Crippen LogP contribution is -2.25. The first-order valence-corrected chi connectivity index (χ1v) is 10.8. The number of oxime groups is 1. The van der Waals surface area contributed by atoms with Crippen LogP contribution in [-0.4, -0.2) is 20.3 Å². The van der Waals surface area contributed by atoms with Crippen molar-refractivity contribution in [1.29, 1.82) is 0 Å². The highest BCUT2D eigenvalue weighted by atomic mass is 32.2. The van der Waals surface area contributed by atoms with Gasteiger partial charge < -0.3 is 0 Å². The van der Waals surface area contributed by atoms with Crippen LogP contribution < -0.4 is 0 Å². The summed E-state index contributed by atoms with van der Waals surface area (Å²) in [6.07, 6.45) is -15.4. The maximum Gasteiger partial charge on any atom is 0.437 e. The number of alkyl halides is 9. The first-order valence-electron chi connectivity index (χ1n) is 9.35. The molecule has 2 rings (SSSR count). The summed E-state index contributed by atoms with van der Waals surface area (Å²) >= 11 is 0. The van der Waals surface area contributed by atoms with E-state index in [0.29, 0.717) is 12.0 Å². The number of hydrogen-bond acceptors (Lipinski definition) is 4. The van der Waals surface area contributed by atoms with Crippen molar-refractivity contribution in [2.75, 3.05) is 0 Å². The zero-order valence-electron chi connectivity index (χ0n) is 17.3. The summed E-state index contributed by atoms with van der Waals surface area (Å²) in [5.74, 6) is 0.000640. The molecule has 0 saturated carbocycles. The van der Waals surface area contributed by atoms with Crippen molar-refractivity contribution < 1.29 is 52.2 Å². The number of halogens is 9. The van der Waals surface area contributed by atoms with Gasteiger partial charge in [-0.3, -0.25) is 4.28 Å². The Hall–Kier alpha value is -2.77. The molecular formula is C20H16F9NO3S. The van der Waals surface area contributed by atoms with Crippen molar-refractivity contribution in [2.45, 2.75) is 49.6 Å². The third kappa shape index (κ3) is 6.64. The molecule has 0 bridgehead atoms. The summed E-state index contributed by atoms with van der Waals surface area (Å²) in [6.45, 7) is 3.66. The molecule has 0 heterocycles. The fourth-order valence-electron chi connectivity index (χ4n) is 2.67. The molecule has 14 heteroatoms. The molecule has 0 fully saturated rings. The van der Waals surface area contributed by atoms with Crippen molar-refractivity contribution in [2.24, 2.45) is 5.16 Å². The summed E-state index contributed by atoms with van der Waals surface area (Å²) in [5, 5.41) is 2.53. The molecule has 0 aromatic heterocycles. The van der Waals surface area contributed by atoms with Crippen molar-refractivity contribution in [3.8, 4) is 0 Å². The largest absolute Gasteiger partial charge is 0.437 e. The van der Waals surface area contributed by atoms with E-state index in [4.69, 9.17) is 0 Å². The topological polar surface area (TPSA) is 55.7 Å². The molecule has 1 unspecified atom stereocenters. The quantitative estimate of drug-likeness (QED) is 0.236. The molecule has 34 heavy (non-hydrogen) atoms. The Morgan fingerprint density at radius 2 is 1.35 bits per heavy atom. The molecule has 0 saturated heterocycles. The highest BCUT2D eigenvalue weighted by Gasteiger charge is 2.40. The molecule has 0 amide bonds. The Kier molecular flexibility index (Phi) is 7.65. The normalized spacial score (nSPS) is 14.7. The zero-order chi connectivity index (χ0) is 26.1. The Morgan fingerprint density at radius 3 is 1.74 bits per heavy atom. The number of benzene rings is 2. The molecule has 2 aromatic carbocycles. The van der Waals surface area contributed by atoms with Gasteiger partial charge in [0.05, 0.1) is 11.1 Å². The van der Waals surface area contributed by atoms with Crippen LogP contribution in [0.3, 0.4) is 0 Å². The van der Waals surface area contributed by atoms with E-state index >= 15 is 0 Å². The molecule has 4 nitrogen and oxygen atoms in total. The van der Waals surface area contributed by atoms with E-state index in [9.17, 15) is 47.9 Å². The molecule has 0 aliphatic rings. The summed E-state index contributed by atoms with van der Waals surface area (Å²) in [5.41, 5.74) is -5.80. The molecule has 1 atom stereocenters. The highest BCUT2D eigenvalue weighted by Crippen LogP contribution is 2.37. The van der Waals surface area contributed by atoms with E-state index in [-0.39, 0.29) is 24.1 Å². The third-order valence-electron chi connectivity index (χ3n) is 4.71. The Bertz CT molecular complexity index is 1120. The molecule has 188 valence electrons.